The van der Waals surface area contributed by atoms with E-state index in [4.69, 9.17) is 0 Å². The Morgan fingerprint density at radius 3 is 2.42 bits per heavy atom. The van der Waals surface area contributed by atoms with Crippen LogP contribution in [0.25, 0.3) is 0 Å². The highest BCUT2D eigenvalue weighted by Crippen LogP contribution is 2.18. The molecule has 1 saturated heterocycles. The van der Waals surface area contributed by atoms with Crippen LogP contribution in [0.15, 0.2) is 24.3 Å². The van der Waals surface area contributed by atoms with Gasteiger partial charge in [0.25, 0.3) is 0 Å². The van der Waals surface area contributed by atoms with E-state index in [0.29, 0.717) is 18.5 Å². The topological polar surface area (TPSA) is 35.5 Å². The minimum atomic E-state index is -0.410. The van der Waals surface area contributed by atoms with E-state index >= 15 is 0 Å². The van der Waals surface area contributed by atoms with Gasteiger partial charge in [0.1, 0.15) is 0 Å². The molecule has 0 saturated carbocycles. The maximum absolute atomic E-state index is 10.2. The van der Waals surface area contributed by atoms with E-state index in [2.05, 4.69) is 43.2 Å². The number of aliphatic hydroxyl groups is 1. The number of likely N-dealkylation sites (tertiary alicyclic amines) is 1. The fourth-order valence-corrected chi connectivity index (χ4v) is 2.60. The number of rotatable bonds is 5. The molecule has 1 aliphatic rings. The van der Waals surface area contributed by atoms with E-state index < -0.39 is 6.10 Å². The molecule has 1 fully saturated rings. The molecule has 1 aromatic carbocycles. The Kier molecular flexibility index (Phi) is 4.97. The zero-order valence-corrected chi connectivity index (χ0v) is 12.3. The third-order valence-corrected chi connectivity index (χ3v) is 3.98. The summed E-state index contributed by atoms with van der Waals surface area (Å²) in [6.07, 6.45) is 0.766. The largest absolute Gasteiger partial charge is 0.387 e. The second-order valence-corrected chi connectivity index (χ2v) is 5.99. The van der Waals surface area contributed by atoms with Gasteiger partial charge in [-0.05, 0) is 37.1 Å². The maximum Gasteiger partial charge on any atom is 0.0914 e. The Morgan fingerprint density at radius 1 is 1.26 bits per heavy atom. The quantitative estimate of drug-likeness (QED) is 0.853. The molecule has 0 aromatic heterocycles. The Hall–Kier alpha value is -0.900. The highest BCUT2D eigenvalue weighted by Gasteiger charge is 2.19. The molecule has 2 atom stereocenters. The summed E-state index contributed by atoms with van der Waals surface area (Å²) in [5.41, 5.74) is 2.32. The van der Waals surface area contributed by atoms with Gasteiger partial charge in [-0.2, -0.15) is 0 Å². The lowest BCUT2D eigenvalue weighted by atomic mass is 10.00. The first-order valence-electron chi connectivity index (χ1n) is 7.26. The molecule has 0 spiro atoms. The predicted octanol–water partition coefficient (Wildman–Crippen LogP) is 2.14. The zero-order valence-electron chi connectivity index (χ0n) is 12.3. The minimum absolute atomic E-state index is 0.410. The Balaban J connectivity index is 1.83. The van der Waals surface area contributed by atoms with Gasteiger partial charge in [-0.25, -0.2) is 0 Å². The number of nitrogens with one attached hydrogen (secondary N) is 1. The molecule has 0 amide bonds. The van der Waals surface area contributed by atoms with Crippen LogP contribution in [0.4, 0.5) is 0 Å². The van der Waals surface area contributed by atoms with Crippen molar-refractivity contribution in [3.8, 4) is 0 Å². The zero-order chi connectivity index (χ0) is 13.8. The summed E-state index contributed by atoms with van der Waals surface area (Å²) in [4.78, 5) is 2.32. The SMILES string of the molecule is CC(C)c1ccc(C(O)CNC2CCN(C)C2)cc1. The van der Waals surface area contributed by atoms with E-state index in [1.165, 1.54) is 12.0 Å². The van der Waals surface area contributed by atoms with Crippen molar-refractivity contribution in [3.63, 3.8) is 0 Å². The van der Waals surface area contributed by atoms with E-state index in [1.807, 2.05) is 12.1 Å². The van der Waals surface area contributed by atoms with Crippen LogP contribution in [0.3, 0.4) is 0 Å². The summed E-state index contributed by atoms with van der Waals surface area (Å²) in [6, 6.07) is 8.85. The number of benzene rings is 1. The van der Waals surface area contributed by atoms with Crippen LogP contribution in [0.5, 0.6) is 0 Å². The monoisotopic (exact) mass is 262 g/mol. The van der Waals surface area contributed by atoms with Crippen molar-refractivity contribution in [3.05, 3.63) is 35.4 Å². The third-order valence-electron chi connectivity index (χ3n) is 3.98. The first-order chi connectivity index (χ1) is 9.06. The molecule has 0 radical (unpaired) electrons. The van der Waals surface area contributed by atoms with Gasteiger partial charge in [-0.3, -0.25) is 0 Å². The van der Waals surface area contributed by atoms with Crippen LogP contribution in [0.1, 0.15) is 43.4 Å². The highest BCUT2D eigenvalue weighted by atomic mass is 16.3. The lowest BCUT2D eigenvalue weighted by Gasteiger charge is -2.17. The average molecular weight is 262 g/mol. The standard InChI is InChI=1S/C16H26N2O/c1-12(2)13-4-6-14(7-5-13)16(19)10-17-15-8-9-18(3)11-15/h4-7,12,15-17,19H,8-11H2,1-3H3. The van der Waals surface area contributed by atoms with Gasteiger partial charge in [0.2, 0.25) is 0 Å². The molecule has 1 heterocycles. The van der Waals surface area contributed by atoms with Crippen molar-refractivity contribution < 1.29 is 5.11 Å². The maximum atomic E-state index is 10.2. The Morgan fingerprint density at radius 2 is 1.89 bits per heavy atom. The van der Waals surface area contributed by atoms with Crippen molar-refractivity contribution in [2.75, 3.05) is 26.7 Å². The van der Waals surface area contributed by atoms with Crippen molar-refractivity contribution in [1.82, 2.24) is 10.2 Å². The normalized spacial score (nSPS) is 22.1. The summed E-state index contributed by atoms with van der Waals surface area (Å²) in [7, 11) is 2.14. The molecule has 2 rings (SSSR count). The summed E-state index contributed by atoms with van der Waals surface area (Å²) in [5, 5.41) is 13.7. The molecule has 19 heavy (non-hydrogen) atoms. The van der Waals surface area contributed by atoms with Gasteiger partial charge in [0.05, 0.1) is 6.10 Å². The van der Waals surface area contributed by atoms with Gasteiger partial charge < -0.3 is 15.3 Å². The molecule has 0 bridgehead atoms. The summed E-state index contributed by atoms with van der Waals surface area (Å²) in [5.74, 6) is 0.540. The minimum Gasteiger partial charge on any atom is -0.387 e. The van der Waals surface area contributed by atoms with Gasteiger partial charge in [0.15, 0.2) is 0 Å². The molecular formula is C16H26N2O. The summed E-state index contributed by atoms with van der Waals surface area (Å²) < 4.78 is 0. The van der Waals surface area contributed by atoms with Crippen LogP contribution in [-0.4, -0.2) is 42.7 Å². The van der Waals surface area contributed by atoms with Crippen LogP contribution in [0, 0.1) is 0 Å². The van der Waals surface area contributed by atoms with E-state index in [9.17, 15) is 5.11 Å². The number of likely N-dealkylation sites (N-methyl/N-ethyl adjacent to an activating group) is 1. The van der Waals surface area contributed by atoms with Crippen LogP contribution < -0.4 is 5.32 Å². The number of nitrogens with zero attached hydrogens (tertiary/aromatic N) is 1. The predicted molar refractivity (Wildman–Crippen MR) is 79.4 cm³/mol. The van der Waals surface area contributed by atoms with E-state index in [1.54, 1.807) is 0 Å². The lowest BCUT2D eigenvalue weighted by Crippen LogP contribution is -2.34. The summed E-state index contributed by atoms with van der Waals surface area (Å²) in [6.45, 7) is 7.24. The molecule has 0 aliphatic carbocycles. The first kappa shape index (κ1) is 14.5. The summed E-state index contributed by atoms with van der Waals surface area (Å²) >= 11 is 0. The molecule has 106 valence electrons. The van der Waals surface area contributed by atoms with Crippen molar-refractivity contribution >= 4 is 0 Å². The van der Waals surface area contributed by atoms with E-state index in [-0.39, 0.29) is 0 Å². The van der Waals surface area contributed by atoms with E-state index in [0.717, 1.165) is 18.7 Å². The Bertz CT molecular complexity index is 388. The van der Waals surface area contributed by atoms with Gasteiger partial charge in [-0.15, -0.1) is 0 Å². The van der Waals surface area contributed by atoms with Crippen LogP contribution >= 0.6 is 0 Å². The van der Waals surface area contributed by atoms with Gasteiger partial charge >= 0.3 is 0 Å². The molecule has 2 N–H and O–H groups in total. The smallest absolute Gasteiger partial charge is 0.0914 e. The van der Waals surface area contributed by atoms with Crippen LogP contribution in [-0.2, 0) is 0 Å². The van der Waals surface area contributed by atoms with Gasteiger partial charge in [0, 0.05) is 19.1 Å². The van der Waals surface area contributed by atoms with Crippen molar-refractivity contribution in [1.29, 1.82) is 0 Å². The fraction of sp³-hybridized carbons (Fsp3) is 0.625. The van der Waals surface area contributed by atoms with Crippen LogP contribution in [0.2, 0.25) is 0 Å². The lowest BCUT2D eigenvalue weighted by molar-refractivity contribution is 0.170. The molecular weight excluding hydrogens is 236 g/mol. The van der Waals surface area contributed by atoms with Crippen molar-refractivity contribution in [2.45, 2.75) is 38.3 Å². The number of hydrogen-bond donors (Lipinski definition) is 2. The molecule has 1 aliphatic heterocycles. The number of hydrogen-bond acceptors (Lipinski definition) is 3. The Labute approximate surface area is 116 Å². The number of aliphatic hydroxyl groups excluding tert-OH is 1. The second kappa shape index (κ2) is 6.51. The third kappa shape index (κ3) is 4.03. The van der Waals surface area contributed by atoms with Crippen molar-refractivity contribution in [2.24, 2.45) is 0 Å². The highest BCUT2D eigenvalue weighted by molar-refractivity contribution is 5.26. The first-order valence-corrected chi connectivity index (χ1v) is 7.26. The fourth-order valence-electron chi connectivity index (χ4n) is 2.60. The molecule has 3 nitrogen and oxygen atoms in total. The average Bonchev–Trinajstić information content (AvgIpc) is 2.82. The molecule has 2 unspecified atom stereocenters. The van der Waals surface area contributed by atoms with Gasteiger partial charge in [-0.1, -0.05) is 38.1 Å². The second-order valence-electron chi connectivity index (χ2n) is 5.99. The molecule has 1 aromatic rings. The molecule has 3 heteroatoms.